The second-order valence-electron chi connectivity index (χ2n) is 5.74. The molecule has 1 aromatic rings. The Morgan fingerprint density at radius 3 is 1.44 bits per heavy atom. The van der Waals surface area contributed by atoms with Gasteiger partial charge in [0.2, 0.25) is 0 Å². The number of halogens is 2. The summed E-state index contributed by atoms with van der Waals surface area (Å²) in [6.45, 7) is 16.5. The standard InChI is InChI=1S/C8H10N.2C4H9.2ClH.H3O4P.Pd/c1-6-4-3-5-8(9)7(6)2;2*1-4(2)3;;;1-5(2,3)4;/h3,5H,9H2,1-2H3;2*1-3H3;2*1H;(H3,1,2,3,4);/q3*-1;;;;+2/p-2. The molecule has 5 N–H and O–H groups in total. The Bertz CT molecular complexity index is 418. The first-order valence-corrected chi connectivity index (χ1v) is 12.5. The summed E-state index contributed by atoms with van der Waals surface area (Å²) in [5.41, 5.74) is 8.72. The van der Waals surface area contributed by atoms with E-state index in [1.54, 1.807) is 0 Å². The molecule has 5 nitrogen and oxygen atoms in total. The Hall–Kier alpha value is 0.372. The van der Waals surface area contributed by atoms with E-state index in [0.717, 1.165) is 16.8 Å². The number of phosphoric acid groups is 1. The zero-order chi connectivity index (χ0) is 21.2. The maximum atomic E-state index is 8.88. The van der Waals surface area contributed by atoms with Gasteiger partial charge in [-0.3, -0.25) is 0 Å². The first-order chi connectivity index (χ1) is 11.1. The third-order valence-electron chi connectivity index (χ3n) is 1.56. The molecule has 0 aliphatic heterocycles. The maximum absolute atomic E-state index is 8.88. The molecule has 0 amide bonds. The van der Waals surface area contributed by atoms with Crippen LogP contribution in [0, 0.1) is 31.7 Å². The minimum atomic E-state index is -4.64. The Balaban J connectivity index is -0.000000120. The number of hydrogen-bond donors (Lipinski definition) is 4. The quantitative estimate of drug-likeness (QED) is 0.163. The third kappa shape index (κ3) is 59.1. The summed E-state index contributed by atoms with van der Waals surface area (Å²) in [4.78, 5) is 21.6. The Labute approximate surface area is 169 Å². The molecule has 1 rings (SSSR count). The molecule has 0 spiro atoms. The van der Waals surface area contributed by atoms with Gasteiger partial charge in [0.05, 0.1) is 0 Å². The molecule has 25 heavy (non-hydrogen) atoms. The van der Waals surface area contributed by atoms with Gasteiger partial charge in [-0.15, -0.1) is 11.6 Å². The van der Waals surface area contributed by atoms with Crippen LogP contribution in [0.3, 0.4) is 0 Å². The molecule has 0 saturated heterocycles. The summed E-state index contributed by atoms with van der Waals surface area (Å²) in [5.74, 6) is 2.83. The molecular formula is C16H31Cl2NO4PPd-3. The van der Waals surface area contributed by atoms with E-state index >= 15 is 0 Å². The average molecular weight is 510 g/mol. The molecule has 0 heterocycles. The van der Waals surface area contributed by atoms with Gasteiger partial charge in [-0.25, -0.2) is 4.57 Å². The number of aryl methyl sites for hydroxylation is 1. The van der Waals surface area contributed by atoms with Crippen molar-refractivity contribution in [3.8, 4) is 0 Å². The molecule has 0 bridgehead atoms. The van der Waals surface area contributed by atoms with Gasteiger partial charge in [-0.05, 0) is 0 Å². The molecule has 0 aliphatic rings. The topological polar surface area (TPSA) is 104 Å². The summed E-state index contributed by atoms with van der Waals surface area (Å²) >= 11 is -0.106. The van der Waals surface area contributed by atoms with Gasteiger partial charge in [-0.1, -0.05) is 19.5 Å². The Kier molecular flexibility index (Phi) is 27.3. The molecule has 0 atom stereocenters. The molecule has 0 aromatic heterocycles. The van der Waals surface area contributed by atoms with Crippen LogP contribution < -0.4 is 5.73 Å². The fourth-order valence-electron chi connectivity index (χ4n) is 0.706. The number of benzene rings is 1. The minimum absolute atomic E-state index is 0.106. The molecule has 1 aromatic carbocycles. The van der Waals surface area contributed by atoms with E-state index in [1.165, 1.54) is 11.8 Å². The summed E-state index contributed by atoms with van der Waals surface area (Å²) in [6.07, 6.45) is 0. The normalized spacial score (nSPS) is 9.56. The van der Waals surface area contributed by atoms with Gasteiger partial charge in [0, 0.05) is 0 Å². The zero-order valence-corrected chi connectivity index (χ0v) is 20.0. The van der Waals surface area contributed by atoms with Crippen LogP contribution in [0.25, 0.3) is 0 Å². The van der Waals surface area contributed by atoms with Crippen molar-refractivity contribution in [2.75, 3.05) is 5.73 Å². The van der Waals surface area contributed by atoms with Crippen LogP contribution in [0.15, 0.2) is 12.1 Å². The van der Waals surface area contributed by atoms with Crippen molar-refractivity contribution >= 4 is 32.6 Å². The van der Waals surface area contributed by atoms with Crippen LogP contribution in [-0.2, 0) is 20.5 Å². The molecule has 0 radical (unpaired) electrons. The number of hydrogen-bond acceptors (Lipinski definition) is 2. The number of rotatable bonds is 0. The fraction of sp³-hybridized carbons (Fsp3) is 0.500. The molecule has 0 unspecified atom stereocenters. The summed E-state index contributed by atoms with van der Waals surface area (Å²) in [5, 5.41) is 0. The van der Waals surface area contributed by atoms with Crippen molar-refractivity contribution in [1.29, 1.82) is 0 Å². The van der Waals surface area contributed by atoms with Crippen molar-refractivity contribution in [1.82, 2.24) is 0 Å². The number of nitrogen functional groups attached to an aromatic ring is 1. The predicted octanol–water partition coefficient (Wildman–Crippen LogP) is 5.37. The molecule has 9 heteroatoms. The van der Waals surface area contributed by atoms with Crippen molar-refractivity contribution < 1.29 is 35.2 Å². The predicted molar refractivity (Wildman–Crippen MR) is 106 cm³/mol. The summed E-state index contributed by atoms with van der Waals surface area (Å²) in [7, 11) is 4.99. The molecular weight excluding hydrogens is 478 g/mol. The molecule has 0 aliphatic carbocycles. The van der Waals surface area contributed by atoms with Crippen molar-refractivity contribution in [3.05, 3.63) is 41.2 Å². The van der Waals surface area contributed by atoms with Gasteiger partial charge in [0.15, 0.2) is 0 Å². The van der Waals surface area contributed by atoms with E-state index in [0.29, 0.717) is 0 Å². The van der Waals surface area contributed by atoms with E-state index in [1.807, 2.05) is 26.0 Å². The second kappa shape index (κ2) is 20.7. The monoisotopic (exact) mass is 508 g/mol. The number of nitrogens with two attached hydrogens (primary N) is 1. The van der Waals surface area contributed by atoms with Crippen LogP contribution in [0.2, 0.25) is 0 Å². The van der Waals surface area contributed by atoms with Gasteiger partial charge in [-0.2, -0.15) is 59.2 Å². The summed E-state index contributed by atoms with van der Waals surface area (Å²) < 4.78 is 8.88. The van der Waals surface area contributed by atoms with Crippen LogP contribution in [-0.4, -0.2) is 14.7 Å². The first kappa shape index (κ1) is 33.0. The van der Waals surface area contributed by atoms with Crippen LogP contribution in [0.1, 0.15) is 52.7 Å². The van der Waals surface area contributed by atoms with Gasteiger partial charge in [0.25, 0.3) is 0 Å². The SMILES string of the molecule is C[C-](C)C.C[C-](C)C.Cc1[c-]ccc(N)c1C.O=P(O)(O)O.[Cl][Pd][Cl]. The zero-order valence-electron chi connectivity index (χ0n) is 16.0. The van der Waals surface area contributed by atoms with Crippen molar-refractivity contribution in [2.24, 2.45) is 0 Å². The van der Waals surface area contributed by atoms with Crippen molar-refractivity contribution in [2.45, 2.75) is 55.4 Å². The molecule has 0 saturated carbocycles. The summed E-state index contributed by atoms with van der Waals surface area (Å²) in [6, 6.07) is 6.77. The van der Waals surface area contributed by atoms with Crippen LogP contribution >= 0.6 is 26.9 Å². The van der Waals surface area contributed by atoms with E-state index < -0.39 is 7.82 Å². The van der Waals surface area contributed by atoms with Crippen LogP contribution in [0.5, 0.6) is 0 Å². The average Bonchev–Trinajstić information content (AvgIpc) is 2.33. The first-order valence-electron chi connectivity index (χ1n) is 6.97. The Morgan fingerprint density at radius 1 is 1.04 bits per heavy atom. The third-order valence-corrected chi connectivity index (χ3v) is 1.56. The molecule has 0 fully saturated rings. The van der Waals surface area contributed by atoms with E-state index in [9.17, 15) is 0 Å². The number of anilines is 1. The fourth-order valence-corrected chi connectivity index (χ4v) is 0.706. The van der Waals surface area contributed by atoms with Gasteiger partial charge >= 0.3 is 42.8 Å². The van der Waals surface area contributed by atoms with E-state index in [4.69, 9.17) is 44.0 Å². The van der Waals surface area contributed by atoms with Crippen LogP contribution in [0.4, 0.5) is 5.69 Å². The van der Waals surface area contributed by atoms with Gasteiger partial charge < -0.3 is 32.2 Å². The molecule has 156 valence electrons. The van der Waals surface area contributed by atoms with E-state index in [2.05, 4.69) is 47.6 Å². The Morgan fingerprint density at radius 2 is 1.28 bits per heavy atom. The van der Waals surface area contributed by atoms with E-state index in [-0.39, 0.29) is 15.9 Å². The van der Waals surface area contributed by atoms with Crippen molar-refractivity contribution in [3.63, 3.8) is 0 Å². The van der Waals surface area contributed by atoms with Gasteiger partial charge in [0.1, 0.15) is 0 Å². The second-order valence-corrected chi connectivity index (χ2v) is 9.13.